The normalized spacial score (nSPS) is 19.2. The third-order valence-electron chi connectivity index (χ3n) is 6.68. The van der Waals surface area contributed by atoms with Crippen molar-refractivity contribution in [2.75, 3.05) is 31.1 Å². The van der Waals surface area contributed by atoms with Gasteiger partial charge in [-0.05, 0) is 63.3 Å². The molecule has 3 heteroatoms. The summed E-state index contributed by atoms with van der Waals surface area (Å²) in [6, 6.07) is 17.7. The van der Waals surface area contributed by atoms with Crippen LogP contribution in [0.1, 0.15) is 44.7 Å². The van der Waals surface area contributed by atoms with Crippen molar-refractivity contribution in [2.45, 2.75) is 39.0 Å². The van der Waals surface area contributed by atoms with E-state index in [-0.39, 0.29) is 5.41 Å². The Bertz CT molecular complexity index is 916. The molecule has 2 aromatic rings. The molecule has 152 valence electrons. The van der Waals surface area contributed by atoms with E-state index in [2.05, 4.69) is 90.9 Å². The summed E-state index contributed by atoms with van der Waals surface area (Å²) in [4.78, 5) is 2.43. The van der Waals surface area contributed by atoms with Crippen LogP contribution < -0.4 is 4.90 Å². The molecule has 0 unspecified atom stereocenters. The summed E-state index contributed by atoms with van der Waals surface area (Å²) in [6.07, 6.45) is 6.70. The largest absolute Gasteiger partial charge is 0.396 e. The van der Waals surface area contributed by atoms with Crippen LogP contribution in [0.25, 0.3) is 6.08 Å². The highest BCUT2D eigenvalue weighted by Crippen LogP contribution is 2.39. The molecule has 0 radical (unpaired) electrons. The number of fused-ring (bicyclic) bond motifs is 1. The molecule has 2 aromatic carbocycles. The van der Waals surface area contributed by atoms with Gasteiger partial charge >= 0.3 is 0 Å². The fourth-order valence-corrected chi connectivity index (χ4v) is 4.83. The first-order valence-electron chi connectivity index (χ1n) is 10.9. The SMILES string of the molecule is CC[N+]1=C(C=Cc2ccc(N3CCC(CO)CC3)cc2)C(C)(C)c2ccccc21. The van der Waals surface area contributed by atoms with Crippen molar-refractivity contribution < 1.29 is 9.68 Å². The predicted molar refractivity (Wildman–Crippen MR) is 122 cm³/mol. The second kappa shape index (κ2) is 8.16. The molecule has 29 heavy (non-hydrogen) atoms. The Balaban J connectivity index is 1.52. The number of benzene rings is 2. The molecule has 3 nitrogen and oxygen atoms in total. The van der Waals surface area contributed by atoms with Gasteiger partial charge in [-0.3, -0.25) is 0 Å². The highest BCUT2D eigenvalue weighted by Gasteiger charge is 2.43. The van der Waals surface area contributed by atoms with Gasteiger partial charge in [0.1, 0.15) is 6.54 Å². The van der Waals surface area contributed by atoms with E-state index in [0.717, 1.165) is 32.5 Å². The molecular formula is C26H33N2O+. The molecule has 0 aromatic heterocycles. The Labute approximate surface area is 175 Å². The van der Waals surface area contributed by atoms with Gasteiger partial charge in [0.15, 0.2) is 5.71 Å². The van der Waals surface area contributed by atoms with Crippen molar-refractivity contribution in [3.8, 4) is 0 Å². The molecule has 2 heterocycles. The van der Waals surface area contributed by atoms with Gasteiger partial charge < -0.3 is 10.0 Å². The first kappa shape index (κ1) is 19.9. The fraction of sp³-hybridized carbons (Fsp3) is 0.423. The Morgan fingerprint density at radius 1 is 1.03 bits per heavy atom. The molecule has 0 aliphatic carbocycles. The lowest BCUT2D eigenvalue weighted by molar-refractivity contribution is -0.433. The van der Waals surface area contributed by atoms with Gasteiger partial charge in [0.2, 0.25) is 5.69 Å². The number of hydrogen-bond acceptors (Lipinski definition) is 2. The van der Waals surface area contributed by atoms with Crippen LogP contribution in [-0.2, 0) is 5.41 Å². The third kappa shape index (κ3) is 3.76. The number of para-hydroxylation sites is 1. The van der Waals surface area contributed by atoms with E-state index >= 15 is 0 Å². The number of rotatable bonds is 5. The Kier molecular flexibility index (Phi) is 5.60. The van der Waals surface area contributed by atoms with Crippen molar-refractivity contribution in [1.82, 2.24) is 0 Å². The van der Waals surface area contributed by atoms with E-state index in [1.165, 1.54) is 28.2 Å². The number of aliphatic hydroxyl groups is 1. The Hall–Kier alpha value is -2.39. The van der Waals surface area contributed by atoms with Crippen molar-refractivity contribution in [3.05, 3.63) is 65.7 Å². The third-order valence-corrected chi connectivity index (χ3v) is 6.68. The molecule has 1 N–H and O–H groups in total. The minimum atomic E-state index is 0.0140. The van der Waals surface area contributed by atoms with E-state index in [0.29, 0.717) is 12.5 Å². The lowest BCUT2D eigenvalue weighted by atomic mass is 9.81. The average Bonchev–Trinajstić information content (AvgIpc) is 2.99. The minimum Gasteiger partial charge on any atom is -0.396 e. The summed E-state index contributed by atoms with van der Waals surface area (Å²) in [5.74, 6) is 0.478. The minimum absolute atomic E-state index is 0.0140. The van der Waals surface area contributed by atoms with Gasteiger partial charge in [-0.15, -0.1) is 0 Å². The molecule has 0 amide bonds. The molecule has 0 saturated carbocycles. The van der Waals surface area contributed by atoms with Crippen molar-refractivity contribution in [3.63, 3.8) is 0 Å². The highest BCUT2D eigenvalue weighted by molar-refractivity contribution is 6.05. The quantitative estimate of drug-likeness (QED) is 0.728. The summed E-state index contributed by atoms with van der Waals surface area (Å²) >= 11 is 0. The fourth-order valence-electron chi connectivity index (χ4n) is 4.83. The van der Waals surface area contributed by atoms with E-state index < -0.39 is 0 Å². The summed E-state index contributed by atoms with van der Waals surface area (Å²) in [6.45, 7) is 10.2. The molecule has 0 spiro atoms. The number of aliphatic hydroxyl groups excluding tert-OH is 1. The summed E-state index contributed by atoms with van der Waals surface area (Å²) < 4.78 is 2.44. The monoisotopic (exact) mass is 389 g/mol. The van der Waals surface area contributed by atoms with Crippen molar-refractivity contribution >= 4 is 23.2 Å². The van der Waals surface area contributed by atoms with Gasteiger partial charge in [0.25, 0.3) is 0 Å². The molecule has 1 fully saturated rings. The summed E-state index contributed by atoms with van der Waals surface area (Å²) in [5.41, 5.74) is 6.63. The predicted octanol–water partition coefficient (Wildman–Crippen LogP) is 5.00. The summed E-state index contributed by atoms with van der Waals surface area (Å²) in [5, 5.41) is 9.33. The topological polar surface area (TPSA) is 26.5 Å². The van der Waals surface area contributed by atoms with Crippen molar-refractivity contribution in [1.29, 1.82) is 0 Å². The maximum atomic E-state index is 9.33. The summed E-state index contributed by atoms with van der Waals surface area (Å²) in [7, 11) is 0. The number of anilines is 1. The van der Waals surface area contributed by atoms with Crippen LogP contribution in [-0.4, -0.2) is 41.6 Å². The van der Waals surface area contributed by atoms with E-state index in [1.807, 2.05) is 0 Å². The van der Waals surface area contributed by atoms with Gasteiger partial charge in [-0.1, -0.05) is 30.3 Å². The van der Waals surface area contributed by atoms with E-state index in [1.54, 1.807) is 0 Å². The van der Waals surface area contributed by atoms with Crippen LogP contribution in [0.15, 0.2) is 54.6 Å². The molecule has 2 aliphatic rings. The van der Waals surface area contributed by atoms with Crippen LogP contribution in [0, 0.1) is 5.92 Å². The first-order valence-corrected chi connectivity index (χ1v) is 10.9. The Morgan fingerprint density at radius 3 is 2.38 bits per heavy atom. The zero-order chi connectivity index (χ0) is 20.4. The van der Waals surface area contributed by atoms with Gasteiger partial charge in [0, 0.05) is 43.1 Å². The first-order chi connectivity index (χ1) is 14.0. The zero-order valence-electron chi connectivity index (χ0n) is 17.9. The maximum Gasteiger partial charge on any atom is 0.209 e. The molecule has 0 atom stereocenters. The second-order valence-corrected chi connectivity index (χ2v) is 8.81. The molecule has 4 rings (SSSR count). The number of hydrogen-bond donors (Lipinski definition) is 1. The number of piperidine rings is 1. The van der Waals surface area contributed by atoms with E-state index in [4.69, 9.17) is 0 Å². The molecular weight excluding hydrogens is 356 g/mol. The van der Waals surface area contributed by atoms with Crippen LogP contribution in [0.5, 0.6) is 0 Å². The molecule has 0 bridgehead atoms. The van der Waals surface area contributed by atoms with Crippen molar-refractivity contribution in [2.24, 2.45) is 5.92 Å². The second-order valence-electron chi connectivity index (χ2n) is 8.81. The van der Waals surface area contributed by atoms with Gasteiger partial charge in [-0.25, -0.2) is 0 Å². The van der Waals surface area contributed by atoms with E-state index in [9.17, 15) is 5.11 Å². The number of allylic oxidation sites excluding steroid dienone is 1. The Morgan fingerprint density at radius 2 is 1.72 bits per heavy atom. The number of nitrogens with zero attached hydrogens (tertiary/aromatic N) is 2. The standard InChI is InChI=1S/C26H33N2O/c1-4-28-24-8-6-5-7-23(24)26(2,3)25(28)14-11-20-9-12-22(13-10-20)27-17-15-21(19-29)16-18-27/h5-14,21,29H,4,15-19H2,1-3H3/q+1. The zero-order valence-corrected chi connectivity index (χ0v) is 17.9. The van der Waals surface area contributed by atoms with Crippen LogP contribution in [0.2, 0.25) is 0 Å². The van der Waals surface area contributed by atoms with Crippen LogP contribution in [0.3, 0.4) is 0 Å². The molecule has 1 saturated heterocycles. The molecule has 2 aliphatic heterocycles. The highest BCUT2D eigenvalue weighted by atomic mass is 16.3. The van der Waals surface area contributed by atoms with Crippen LogP contribution in [0.4, 0.5) is 11.4 Å². The lowest BCUT2D eigenvalue weighted by Crippen LogP contribution is -2.34. The van der Waals surface area contributed by atoms with Gasteiger partial charge in [0.05, 0.1) is 5.41 Å². The average molecular weight is 390 g/mol. The van der Waals surface area contributed by atoms with Gasteiger partial charge in [-0.2, -0.15) is 4.58 Å². The lowest BCUT2D eigenvalue weighted by Gasteiger charge is -2.32. The smallest absolute Gasteiger partial charge is 0.209 e. The maximum absolute atomic E-state index is 9.33. The van der Waals surface area contributed by atoms with Crippen LogP contribution >= 0.6 is 0 Å².